The molecule has 0 radical (unpaired) electrons. The maximum atomic E-state index is 12.7. The van der Waals surface area contributed by atoms with Gasteiger partial charge >= 0.3 is 6.09 Å². The van der Waals surface area contributed by atoms with Gasteiger partial charge in [-0.1, -0.05) is 59.4 Å². The minimum atomic E-state index is -0.570. The van der Waals surface area contributed by atoms with Crippen LogP contribution in [0, 0.1) is 0 Å². The molecule has 0 aliphatic heterocycles. The van der Waals surface area contributed by atoms with Crippen molar-refractivity contribution in [1.82, 2.24) is 20.4 Å². The van der Waals surface area contributed by atoms with E-state index in [1.54, 1.807) is 19.2 Å². The summed E-state index contributed by atoms with van der Waals surface area (Å²) in [6.07, 6.45) is 12.0. The number of ether oxygens (including phenoxy) is 1. The van der Waals surface area contributed by atoms with Gasteiger partial charge in [-0.25, -0.2) is 4.79 Å². The molecular weight excluding hydrogens is 590 g/mol. The summed E-state index contributed by atoms with van der Waals surface area (Å²) in [5.74, 6) is -0.142. The summed E-state index contributed by atoms with van der Waals surface area (Å²) in [5.41, 5.74) is 14.7. The highest BCUT2D eigenvalue weighted by molar-refractivity contribution is 7.15. The minimum absolute atomic E-state index is 0.167. The number of nitrogens with zero attached hydrogens (tertiary/aromatic N) is 3. The number of hydrogen-bond donors (Lipinski definition) is 4. The Hall–Kier alpha value is -4.45. The average Bonchev–Trinajstić information content (AvgIpc) is 3.39. The van der Waals surface area contributed by atoms with E-state index >= 15 is 0 Å². The standard InChI is InChI=1S/C33H47N7O4S/c1-7-8-12-23(2)19-28(41)36-27(35)18-17-26(34)15-9-10-16-30-38-39-31(45-30)37-29(42)21-24-13-11-14-25(20-24)22-40(6)32(43)44-33(3,4)5/h7-8,11-14,17-18,20H,9-10,15-16,19,21-22,34-35H2,1-6H3,(H,36,41)(H,37,39,42)/b8-7-,23-12+,26-17-,27-18+. The number of carbonyl (C=O) groups excluding carboxylic acids is 3. The van der Waals surface area contributed by atoms with Crippen molar-refractivity contribution in [3.63, 3.8) is 0 Å². The second-order valence-electron chi connectivity index (χ2n) is 11.7. The number of nitrogens with two attached hydrogens (primary N) is 2. The summed E-state index contributed by atoms with van der Waals surface area (Å²) in [6, 6.07) is 7.54. The van der Waals surface area contributed by atoms with Gasteiger partial charge in [-0.05, 0) is 77.2 Å². The Morgan fingerprint density at radius 3 is 2.49 bits per heavy atom. The maximum absolute atomic E-state index is 12.7. The van der Waals surface area contributed by atoms with E-state index in [0.717, 1.165) is 34.5 Å². The molecule has 45 heavy (non-hydrogen) atoms. The lowest BCUT2D eigenvalue weighted by molar-refractivity contribution is -0.119. The molecule has 0 saturated carbocycles. The van der Waals surface area contributed by atoms with Gasteiger partial charge in [0.15, 0.2) is 0 Å². The van der Waals surface area contributed by atoms with E-state index in [4.69, 9.17) is 16.2 Å². The van der Waals surface area contributed by atoms with E-state index in [-0.39, 0.29) is 30.5 Å². The van der Waals surface area contributed by atoms with Gasteiger partial charge in [0.05, 0.1) is 6.42 Å². The fourth-order valence-electron chi connectivity index (χ4n) is 3.98. The number of nitrogens with one attached hydrogen (secondary N) is 2. The van der Waals surface area contributed by atoms with Crippen LogP contribution in [0.3, 0.4) is 0 Å². The Bertz CT molecular complexity index is 1420. The van der Waals surface area contributed by atoms with Crippen LogP contribution in [0.15, 0.2) is 71.7 Å². The number of aryl methyl sites for hydroxylation is 1. The van der Waals surface area contributed by atoms with Gasteiger partial charge < -0.3 is 31.7 Å². The molecule has 1 aromatic carbocycles. The summed E-state index contributed by atoms with van der Waals surface area (Å²) >= 11 is 1.35. The molecule has 0 saturated heterocycles. The lowest BCUT2D eigenvalue weighted by Crippen LogP contribution is -2.33. The summed E-state index contributed by atoms with van der Waals surface area (Å²) in [7, 11) is 1.68. The molecule has 3 amide bonds. The highest BCUT2D eigenvalue weighted by Crippen LogP contribution is 2.19. The number of benzene rings is 1. The van der Waals surface area contributed by atoms with Crippen LogP contribution in [0.1, 0.15) is 76.4 Å². The smallest absolute Gasteiger partial charge is 0.410 e. The van der Waals surface area contributed by atoms with Crippen LogP contribution < -0.4 is 22.1 Å². The first-order chi connectivity index (χ1) is 21.2. The lowest BCUT2D eigenvalue weighted by atomic mass is 10.1. The largest absolute Gasteiger partial charge is 0.444 e. The van der Waals surface area contributed by atoms with E-state index in [2.05, 4.69) is 20.8 Å². The molecule has 0 bridgehead atoms. The molecule has 0 fully saturated rings. The number of aromatic nitrogens is 2. The minimum Gasteiger partial charge on any atom is -0.444 e. The molecule has 0 aliphatic carbocycles. The van der Waals surface area contributed by atoms with Gasteiger partial charge in [0, 0.05) is 32.1 Å². The van der Waals surface area contributed by atoms with Gasteiger partial charge in [0.2, 0.25) is 16.9 Å². The molecule has 0 atom stereocenters. The zero-order chi connectivity index (χ0) is 33.4. The number of rotatable bonds is 15. The zero-order valence-electron chi connectivity index (χ0n) is 27.2. The summed E-state index contributed by atoms with van der Waals surface area (Å²) in [6.45, 7) is 9.64. The zero-order valence-corrected chi connectivity index (χ0v) is 28.0. The van der Waals surface area contributed by atoms with Gasteiger partial charge in [-0.3, -0.25) is 9.59 Å². The Balaban J connectivity index is 1.75. The summed E-state index contributed by atoms with van der Waals surface area (Å²) in [5, 5.41) is 15.0. The van der Waals surface area contributed by atoms with Crippen molar-refractivity contribution < 1.29 is 19.1 Å². The van der Waals surface area contributed by atoms with Crippen LogP contribution in [0.5, 0.6) is 0 Å². The van der Waals surface area contributed by atoms with Crippen molar-refractivity contribution in [2.75, 3.05) is 12.4 Å². The molecule has 244 valence electrons. The first-order valence-corrected chi connectivity index (χ1v) is 15.7. The first kappa shape index (κ1) is 36.7. The van der Waals surface area contributed by atoms with Crippen molar-refractivity contribution in [2.45, 2.75) is 85.3 Å². The van der Waals surface area contributed by atoms with Gasteiger partial charge in [0.1, 0.15) is 16.4 Å². The number of allylic oxidation sites excluding steroid dienone is 6. The van der Waals surface area contributed by atoms with Gasteiger partial charge in [-0.2, -0.15) is 0 Å². The molecule has 1 aromatic heterocycles. The molecular formula is C33H47N7O4S. The molecule has 2 aromatic rings. The summed E-state index contributed by atoms with van der Waals surface area (Å²) < 4.78 is 5.40. The van der Waals surface area contributed by atoms with Crippen LogP contribution in [0.2, 0.25) is 0 Å². The molecule has 11 nitrogen and oxygen atoms in total. The van der Waals surface area contributed by atoms with Crippen LogP contribution in [0.25, 0.3) is 0 Å². The van der Waals surface area contributed by atoms with E-state index in [1.165, 1.54) is 16.2 Å². The average molecular weight is 638 g/mol. The second-order valence-corrected chi connectivity index (χ2v) is 12.8. The monoisotopic (exact) mass is 637 g/mol. The number of carbonyl (C=O) groups is 3. The van der Waals surface area contributed by atoms with Crippen LogP contribution >= 0.6 is 11.3 Å². The van der Waals surface area contributed by atoms with Crippen molar-refractivity contribution in [2.24, 2.45) is 11.5 Å². The quantitative estimate of drug-likeness (QED) is 0.147. The van der Waals surface area contributed by atoms with E-state index in [1.807, 2.05) is 77.1 Å². The molecule has 0 aliphatic rings. The van der Waals surface area contributed by atoms with E-state index in [9.17, 15) is 14.4 Å². The lowest BCUT2D eigenvalue weighted by Gasteiger charge is -2.24. The fourth-order valence-corrected chi connectivity index (χ4v) is 4.77. The highest BCUT2D eigenvalue weighted by Gasteiger charge is 2.20. The second kappa shape index (κ2) is 18.4. The van der Waals surface area contributed by atoms with Gasteiger partial charge in [0.25, 0.3) is 0 Å². The van der Waals surface area contributed by atoms with E-state index < -0.39 is 11.7 Å². The van der Waals surface area contributed by atoms with Crippen molar-refractivity contribution in [3.8, 4) is 0 Å². The number of hydrogen-bond acceptors (Lipinski definition) is 9. The van der Waals surface area contributed by atoms with E-state index in [0.29, 0.717) is 30.2 Å². The van der Waals surface area contributed by atoms with Crippen molar-refractivity contribution in [1.29, 1.82) is 0 Å². The first-order valence-electron chi connectivity index (χ1n) is 14.9. The molecule has 2 rings (SSSR count). The fraction of sp³-hybridized carbons (Fsp3) is 0.424. The third kappa shape index (κ3) is 15.7. The predicted octanol–water partition coefficient (Wildman–Crippen LogP) is 5.47. The Labute approximate surface area is 270 Å². The van der Waals surface area contributed by atoms with Crippen LogP contribution in [-0.2, 0) is 33.7 Å². The molecule has 0 spiro atoms. The molecule has 6 N–H and O–H groups in total. The SMILES string of the molecule is C/C=C\C=C(/C)CC(=O)N/C(N)=C/C=C(\N)CCCCc1nnc(NC(=O)Cc2cccc(CN(C)C(=O)OC(C)(C)C)c2)s1. The number of unbranched alkanes of at least 4 members (excludes halogenated alkanes) is 1. The molecule has 1 heterocycles. The van der Waals surface area contributed by atoms with Crippen LogP contribution in [0.4, 0.5) is 9.93 Å². The molecule has 0 unspecified atom stereocenters. The Morgan fingerprint density at radius 1 is 1.04 bits per heavy atom. The summed E-state index contributed by atoms with van der Waals surface area (Å²) in [4.78, 5) is 38.5. The third-order valence-electron chi connectivity index (χ3n) is 6.07. The highest BCUT2D eigenvalue weighted by atomic mass is 32.1. The van der Waals surface area contributed by atoms with Gasteiger partial charge in [-0.15, -0.1) is 10.2 Å². The van der Waals surface area contributed by atoms with Crippen molar-refractivity contribution in [3.05, 3.63) is 87.9 Å². The molecule has 12 heteroatoms. The number of anilines is 1. The third-order valence-corrected chi connectivity index (χ3v) is 6.97. The van der Waals surface area contributed by atoms with Crippen molar-refractivity contribution >= 4 is 34.4 Å². The maximum Gasteiger partial charge on any atom is 0.410 e. The Morgan fingerprint density at radius 2 is 1.78 bits per heavy atom. The Kier molecular flexibility index (Phi) is 15.0. The van der Waals surface area contributed by atoms with Crippen LogP contribution in [-0.4, -0.2) is 45.7 Å². The topological polar surface area (TPSA) is 166 Å². The normalized spacial score (nSPS) is 12.7. The number of amides is 3. The predicted molar refractivity (Wildman–Crippen MR) is 180 cm³/mol.